The van der Waals surface area contributed by atoms with E-state index >= 15 is 0 Å². The molecule has 1 amide bonds. The Labute approximate surface area is 193 Å². The van der Waals surface area contributed by atoms with Gasteiger partial charge in [0.15, 0.2) is 10.6 Å². The first kappa shape index (κ1) is 22.1. The van der Waals surface area contributed by atoms with E-state index in [1.807, 2.05) is 30.5 Å². The molecule has 0 saturated carbocycles. The molecule has 3 heterocycles. The van der Waals surface area contributed by atoms with Crippen LogP contribution in [0.5, 0.6) is 0 Å². The van der Waals surface area contributed by atoms with Gasteiger partial charge in [0.25, 0.3) is 0 Å². The molecular formula is C22H23FN6OS2. The number of nitrogens with zero attached hydrogens (tertiary/aromatic N) is 4. The molecule has 10 heteroatoms. The highest BCUT2D eigenvalue weighted by atomic mass is 32.1. The maximum absolute atomic E-state index is 13.1. The van der Waals surface area contributed by atoms with Crippen LogP contribution in [0.3, 0.4) is 0 Å². The zero-order valence-electron chi connectivity index (χ0n) is 17.7. The third-order valence-corrected chi connectivity index (χ3v) is 6.43. The van der Waals surface area contributed by atoms with Gasteiger partial charge in [-0.3, -0.25) is 19.6 Å². The standard InChI is InChI=1S/C22H23FN6OS2/c1-14(29-20(26-27-22(29)31)19-6-4-12-32-19)21(30)28(2)11-3-5-17-13-18(25-24-17)15-7-9-16(23)10-8-15/h4,6-10,12-14H,3,5,11H2,1-2H3,(H,24,25)(H,27,31). The van der Waals surface area contributed by atoms with Gasteiger partial charge in [0.2, 0.25) is 5.91 Å². The summed E-state index contributed by atoms with van der Waals surface area (Å²) in [5.74, 6) is 0.368. The van der Waals surface area contributed by atoms with Crippen LogP contribution in [-0.2, 0) is 11.2 Å². The molecule has 1 unspecified atom stereocenters. The van der Waals surface area contributed by atoms with Crippen LogP contribution in [0.1, 0.15) is 25.1 Å². The van der Waals surface area contributed by atoms with E-state index in [9.17, 15) is 9.18 Å². The normalized spacial score (nSPS) is 12.1. The number of rotatable bonds is 8. The lowest BCUT2D eigenvalue weighted by Gasteiger charge is -2.22. The van der Waals surface area contributed by atoms with Gasteiger partial charge in [-0.2, -0.15) is 10.2 Å². The molecule has 0 aliphatic heterocycles. The predicted octanol–water partition coefficient (Wildman–Crippen LogP) is 4.85. The maximum atomic E-state index is 13.1. The molecule has 0 bridgehead atoms. The highest BCUT2D eigenvalue weighted by Gasteiger charge is 2.24. The summed E-state index contributed by atoms with van der Waals surface area (Å²) in [5.41, 5.74) is 2.59. The molecule has 4 aromatic rings. The molecule has 0 aliphatic rings. The minimum Gasteiger partial charge on any atom is -0.344 e. The largest absolute Gasteiger partial charge is 0.344 e. The van der Waals surface area contributed by atoms with Gasteiger partial charge < -0.3 is 4.90 Å². The number of aromatic nitrogens is 5. The van der Waals surface area contributed by atoms with Crippen LogP contribution < -0.4 is 0 Å². The second-order valence-electron chi connectivity index (χ2n) is 7.52. The Hall–Kier alpha value is -3.11. The number of nitrogens with one attached hydrogen (secondary N) is 2. The lowest BCUT2D eigenvalue weighted by atomic mass is 10.1. The minimum absolute atomic E-state index is 0.0306. The van der Waals surface area contributed by atoms with Crippen LogP contribution in [0, 0.1) is 10.6 Å². The lowest BCUT2D eigenvalue weighted by molar-refractivity contribution is -0.133. The van der Waals surface area contributed by atoms with Crippen molar-refractivity contribution in [3.05, 3.63) is 64.1 Å². The number of hydrogen-bond acceptors (Lipinski definition) is 5. The quantitative estimate of drug-likeness (QED) is 0.361. The maximum Gasteiger partial charge on any atom is 0.245 e. The predicted molar refractivity (Wildman–Crippen MR) is 125 cm³/mol. The van der Waals surface area contributed by atoms with Crippen molar-refractivity contribution in [2.45, 2.75) is 25.8 Å². The molecular weight excluding hydrogens is 447 g/mol. The summed E-state index contributed by atoms with van der Waals surface area (Å²) in [7, 11) is 1.80. The van der Waals surface area contributed by atoms with E-state index in [4.69, 9.17) is 12.2 Å². The molecule has 0 aliphatic carbocycles. The van der Waals surface area contributed by atoms with E-state index in [2.05, 4.69) is 20.4 Å². The molecule has 3 aromatic heterocycles. The third-order valence-electron chi connectivity index (χ3n) is 5.28. The van der Waals surface area contributed by atoms with Gasteiger partial charge >= 0.3 is 0 Å². The lowest BCUT2D eigenvalue weighted by Crippen LogP contribution is -2.34. The molecule has 0 spiro atoms. The van der Waals surface area contributed by atoms with Gasteiger partial charge in [0.1, 0.15) is 11.9 Å². The van der Waals surface area contributed by atoms with E-state index in [0.29, 0.717) is 17.1 Å². The van der Waals surface area contributed by atoms with Gasteiger partial charge in [0.05, 0.1) is 10.6 Å². The number of benzene rings is 1. The molecule has 0 fully saturated rings. The van der Waals surface area contributed by atoms with Gasteiger partial charge in [0, 0.05) is 24.8 Å². The molecule has 1 aromatic carbocycles. The number of halogens is 1. The van der Waals surface area contributed by atoms with Crippen molar-refractivity contribution < 1.29 is 9.18 Å². The summed E-state index contributed by atoms with van der Waals surface area (Å²) in [6, 6.07) is 11.6. The number of amides is 1. The van der Waals surface area contributed by atoms with Crippen molar-refractivity contribution >= 4 is 29.5 Å². The number of hydrogen-bond donors (Lipinski definition) is 2. The molecule has 7 nitrogen and oxygen atoms in total. The first-order chi connectivity index (χ1) is 15.4. The van der Waals surface area contributed by atoms with Gasteiger partial charge in [-0.1, -0.05) is 6.07 Å². The van der Waals surface area contributed by atoms with Crippen LogP contribution in [0.25, 0.3) is 22.0 Å². The zero-order chi connectivity index (χ0) is 22.7. The second kappa shape index (κ2) is 9.58. The summed E-state index contributed by atoms with van der Waals surface area (Å²) >= 11 is 6.93. The highest BCUT2D eigenvalue weighted by molar-refractivity contribution is 7.71. The Balaban J connectivity index is 1.35. The molecule has 32 heavy (non-hydrogen) atoms. The monoisotopic (exact) mass is 470 g/mol. The summed E-state index contributed by atoms with van der Waals surface area (Å²) in [6.07, 6.45) is 1.51. The van der Waals surface area contributed by atoms with Crippen LogP contribution in [0.2, 0.25) is 0 Å². The van der Waals surface area contributed by atoms with Crippen LogP contribution in [-0.4, -0.2) is 49.4 Å². The number of carbonyl (C=O) groups excluding carboxylic acids is 1. The van der Waals surface area contributed by atoms with Gasteiger partial charge in [-0.05, 0) is 73.8 Å². The number of carbonyl (C=O) groups is 1. The van der Waals surface area contributed by atoms with Crippen molar-refractivity contribution in [3.8, 4) is 22.0 Å². The average molecular weight is 471 g/mol. The van der Waals surface area contributed by atoms with Crippen molar-refractivity contribution in [1.82, 2.24) is 29.9 Å². The SMILES string of the molecule is CC(C(=O)N(C)CCCc1cc(-c2ccc(F)cc2)n[nH]1)n1c(-c2cccs2)n[nH]c1=S. The summed E-state index contributed by atoms with van der Waals surface area (Å²) in [6.45, 7) is 2.43. The number of H-pyrrole nitrogens is 2. The topological polar surface area (TPSA) is 82.6 Å². The average Bonchev–Trinajstić information content (AvgIpc) is 3.54. The van der Waals surface area contributed by atoms with E-state index in [-0.39, 0.29) is 11.7 Å². The zero-order valence-corrected chi connectivity index (χ0v) is 19.3. The summed E-state index contributed by atoms with van der Waals surface area (Å²) in [4.78, 5) is 15.7. The number of aryl methyl sites for hydroxylation is 1. The summed E-state index contributed by atoms with van der Waals surface area (Å²) in [5, 5.41) is 16.4. The van der Waals surface area contributed by atoms with Crippen LogP contribution >= 0.6 is 23.6 Å². The van der Waals surface area contributed by atoms with Crippen molar-refractivity contribution in [2.75, 3.05) is 13.6 Å². The Kier molecular flexibility index (Phi) is 6.61. The first-order valence-electron chi connectivity index (χ1n) is 10.2. The number of aromatic amines is 2. The van der Waals surface area contributed by atoms with Crippen LogP contribution in [0.15, 0.2) is 47.8 Å². The second-order valence-corrected chi connectivity index (χ2v) is 8.86. The molecule has 166 valence electrons. The molecule has 0 saturated heterocycles. The van der Waals surface area contributed by atoms with Gasteiger partial charge in [-0.25, -0.2) is 4.39 Å². The molecule has 1 atom stereocenters. The third kappa shape index (κ3) is 4.71. The fourth-order valence-electron chi connectivity index (χ4n) is 3.55. The minimum atomic E-state index is -0.472. The fourth-order valence-corrected chi connectivity index (χ4v) is 4.55. The van der Waals surface area contributed by atoms with Crippen molar-refractivity contribution in [1.29, 1.82) is 0 Å². The van der Waals surface area contributed by atoms with E-state index in [1.165, 1.54) is 12.1 Å². The fraction of sp³-hybridized carbons (Fsp3) is 0.273. The van der Waals surface area contributed by atoms with Crippen LogP contribution in [0.4, 0.5) is 4.39 Å². The summed E-state index contributed by atoms with van der Waals surface area (Å²) < 4.78 is 15.3. The highest BCUT2D eigenvalue weighted by Crippen LogP contribution is 2.26. The van der Waals surface area contributed by atoms with E-state index < -0.39 is 6.04 Å². The smallest absolute Gasteiger partial charge is 0.245 e. The van der Waals surface area contributed by atoms with E-state index in [0.717, 1.165) is 34.7 Å². The van der Waals surface area contributed by atoms with Crippen molar-refractivity contribution in [3.63, 3.8) is 0 Å². The van der Waals surface area contributed by atoms with Crippen molar-refractivity contribution in [2.24, 2.45) is 0 Å². The number of thiophene rings is 1. The molecule has 2 N–H and O–H groups in total. The first-order valence-corrected chi connectivity index (χ1v) is 11.5. The number of likely N-dealkylation sites (N-methyl/N-ethyl adjacent to an activating group) is 1. The Bertz CT molecular complexity index is 1240. The Morgan fingerprint density at radius 1 is 1.25 bits per heavy atom. The molecule has 4 rings (SSSR count). The van der Waals surface area contributed by atoms with E-state index in [1.54, 1.807) is 40.0 Å². The molecule has 0 radical (unpaired) electrons. The Morgan fingerprint density at radius 2 is 2.03 bits per heavy atom. The Morgan fingerprint density at radius 3 is 2.75 bits per heavy atom. The van der Waals surface area contributed by atoms with Gasteiger partial charge in [-0.15, -0.1) is 11.3 Å².